The van der Waals surface area contributed by atoms with Crippen molar-refractivity contribution in [2.45, 2.75) is 45.3 Å². The van der Waals surface area contributed by atoms with Gasteiger partial charge in [-0.25, -0.2) is 4.39 Å². The predicted molar refractivity (Wildman–Crippen MR) is 78.7 cm³/mol. The Labute approximate surface area is 119 Å². The van der Waals surface area contributed by atoms with E-state index in [1.807, 2.05) is 6.92 Å². The van der Waals surface area contributed by atoms with Gasteiger partial charge in [0.15, 0.2) is 11.6 Å². The SMILES string of the molecule is CCOc1cc(NC2CCOC(C)(C)C2)c(N)cc1F. The van der Waals surface area contributed by atoms with Gasteiger partial charge in [0, 0.05) is 24.8 Å². The lowest BCUT2D eigenvalue weighted by atomic mass is 9.93. The zero-order valence-electron chi connectivity index (χ0n) is 12.3. The molecular formula is C15H23FN2O2. The maximum absolute atomic E-state index is 13.7. The minimum absolute atomic E-state index is 0.145. The van der Waals surface area contributed by atoms with Gasteiger partial charge in [-0.15, -0.1) is 0 Å². The van der Waals surface area contributed by atoms with Crippen LogP contribution < -0.4 is 15.8 Å². The molecule has 0 bridgehead atoms. The van der Waals surface area contributed by atoms with Gasteiger partial charge in [0.05, 0.1) is 23.6 Å². The Morgan fingerprint density at radius 3 is 2.90 bits per heavy atom. The summed E-state index contributed by atoms with van der Waals surface area (Å²) >= 11 is 0. The largest absolute Gasteiger partial charge is 0.491 e. The highest BCUT2D eigenvalue weighted by Crippen LogP contribution is 2.32. The predicted octanol–water partition coefficient (Wildman–Crippen LogP) is 3.18. The van der Waals surface area contributed by atoms with Crippen molar-refractivity contribution in [2.24, 2.45) is 0 Å². The number of nitrogens with two attached hydrogens (primary N) is 1. The van der Waals surface area contributed by atoms with Gasteiger partial charge in [-0.1, -0.05) is 0 Å². The van der Waals surface area contributed by atoms with Crippen LogP contribution in [0.15, 0.2) is 12.1 Å². The van der Waals surface area contributed by atoms with Gasteiger partial charge < -0.3 is 20.5 Å². The Morgan fingerprint density at radius 1 is 1.50 bits per heavy atom. The number of rotatable bonds is 4. The quantitative estimate of drug-likeness (QED) is 0.833. The van der Waals surface area contributed by atoms with Crippen molar-refractivity contribution in [3.05, 3.63) is 17.9 Å². The van der Waals surface area contributed by atoms with E-state index in [2.05, 4.69) is 19.2 Å². The van der Waals surface area contributed by atoms with E-state index < -0.39 is 5.82 Å². The highest BCUT2D eigenvalue weighted by Gasteiger charge is 2.29. The third kappa shape index (κ3) is 3.54. The van der Waals surface area contributed by atoms with Gasteiger partial charge >= 0.3 is 0 Å². The standard InChI is InChI=1S/C15H23FN2O2/c1-4-19-14-8-13(12(17)7-11(14)16)18-10-5-6-20-15(2,3)9-10/h7-8,10,18H,4-6,9,17H2,1-3H3. The lowest BCUT2D eigenvalue weighted by Crippen LogP contribution is -2.40. The smallest absolute Gasteiger partial charge is 0.167 e. The second-order valence-electron chi connectivity index (χ2n) is 5.75. The van der Waals surface area contributed by atoms with Gasteiger partial charge in [0.25, 0.3) is 0 Å². The summed E-state index contributed by atoms with van der Waals surface area (Å²) in [6.07, 6.45) is 1.79. The molecule has 4 nitrogen and oxygen atoms in total. The zero-order valence-corrected chi connectivity index (χ0v) is 12.3. The second kappa shape index (κ2) is 5.87. The van der Waals surface area contributed by atoms with Gasteiger partial charge in [-0.3, -0.25) is 0 Å². The molecular weight excluding hydrogens is 259 g/mol. The number of nitrogens with one attached hydrogen (secondary N) is 1. The van der Waals surface area contributed by atoms with Crippen molar-refractivity contribution in [1.29, 1.82) is 0 Å². The number of nitrogen functional groups attached to an aromatic ring is 1. The van der Waals surface area contributed by atoms with E-state index in [0.29, 0.717) is 18.9 Å². The molecule has 0 spiro atoms. The topological polar surface area (TPSA) is 56.5 Å². The average Bonchev–Trinajstić information content (AvgIpc) is 2.34. The van der Waals surface area contributed by atoms with Crippen molar-refractivity contribution >= 4 is 11.4 Å². The average molecular weight is 282 g/mol. The van der Waals surface area contributed by atoms with Gasteiger partial charge in [0.1, 0.15) is 0 Å². The van der Waals surface area contributed by atoms with Crippen molar-refractivity contribution in [2.75, 3.05) is 24.3 Å². The fraction of sp³-hybridized carbons (Fsp3) is 0.600. The summed E-state index contributed by atoms with van der Waals surface area (Å²) in [4.78, 5) is 0. The van der Waals surface area contributed by atoms with Crippen LogP contribution in [0.1, 0.15) is 33.6 Å². The number of anilines is 2. The molecule has 1 aromatic rings. The van der Waals surface area contributed by atoms with E-state index in [0.717, 1.165) is 18.5 Å². The van der Waals surface area contributed by atoms with Gasteiger partial charge in [-0.2, -0.15) is 0 Å². The first-order chi connectivity index (χ1) is 9.41. The zero-order chi connectivity index (χ0) is 14.8. The lowest BCUT2D eigenvalue weighted by molar-refractivity contribution is -0.0553. The number of hydrogen-bond donors (Lipinski definition) is 2. The summed E-state index contributed by atoms with van der Waals surface area (Å²) in [6, 6.07) is 3.20. The van der Waals surface area contributed by atoms with Crippen LogP contribution in [0.4, 0.5) is 15.8 Å². The lowest BCUT2D eigenvalue weighted by Gasteiger charge is -2.36. The molecule has 1 fully saturated rings. The number of benzene rings is 1. The number of ether oxygens (including phenoxy) is 2. The number of halogens is 1. The van der Waals surface area contributed by atoms with Crippen LogP contribution in [0.5, 0.6) is 5.75 Å². The third-order valence-electron chi connectivity index (χ3n) is 3.46. The van der Waals surface area contributed by atoms with Crippen LogP contribution in [0.3, 0.4) is 0 Å². The molecule has 1 aromatic carbocycles. The summed E-state index contributed by atoms with van der Waals surface area (Å²) in [5.41, 5.74) is 6.85. The minimum atomic E-state index is -0.429. The third-order valence-corrected chi connectivity index (χ3v) is 3.46. The molecule has 3 N–H and O–H groups in total. The summed E-state index contributed by atoms with van der Waals surface area (Å²) < 4.78 is 24.6. The maximum Gasteiger partial charge on any atom is 0.167 e. The summed E-state index contributed by atoms with van der Waals surface area (Å²) in [5.74, 6) is -0.197. The molecule has 112 valence electrons. The van der Waals surface area contributed by atoms with E-state index >= 15 is 0 Å². The molecule has 1 atom stereocenters. The van der Waals surface area contributed by atoms with E-state index in [-0.39, 0.29) is 17.4 Å². The van der Waals surface area contributed by atoms with Crippen LogP contribution in [-0.4, -0.2) is 24.9 Å². The molecule has 1 aliphatic rings. The Balaban J connectivity index is 2.14. The van der Waals surface area contributed by atoms with E-state index in [4.69, 9.17) is 15.2 Å². The molecule has 0 aliphatic carbocycles. The minimum Gasteiger partial charge on any atom is -0.491 e. The van der Waals surface area contributed by atoms with Crippen molar-refractivity contribution in [3.63, 3.8) is 0 Å². The molecule has 1 unspecified atom stereocenters. The Morgan fingerprint density at radius 2 is 2.25 bits per heavy atom. The maximum atomic E-state index is 13.7. The van der Waals surface area contributed by atoms with E-state index in [9.17, 15) is 4.39 Å². The summed E-state index contributed by atoms with van der Waals surface area (Å²) in [5, 5.41) is 3.38. The first-order valence-corrected chi connectivity index (χ1v) is 7.03. The second-order valence-corrected chi connectivity index (χ2v) is 5.75. The van der Waals surface area contributed by atoms with E-state index in [1.165, 1.54) is 6.07 Å². The molecule has 0 aromatic heterocycles. The highest BCUT2D eigenvalue weighted by atomic mass is 19.1. The van der Waals surface area contributed by atoms with Crippen molar-refractivity contribution in [1.82, 2.24) is 0 Å². The van der Waals surface area contributed by atoms with Crippen LogP contribution in [0.25, 0.3) is 0 Å². The fourth-order valence-electron chi connectivity index (χ4n) is 2.53. The summed E-state index contributed by atoms with van der Waals surface area (Å²) in [6.45, 7) is 7.10. The van der Waals surface area contributed by atoms with Crippen LogP contribution in [-0.2, 0) is 4.74 Å². The molecule has 20 heavy (non-hydrogen) atoms. The molecule has 0 saturated carbocycles. The first kappa shape index (κ1) is 14.9. The molecule has 1 aliphatic heterocycles. The molecule has 0 radical (unpaired) electrons. The van der Waals surface area contributed by atoms with Crippen LogP contribution >= 0.6 is 0 Å². The Bertz CT molecular complexity index is 477. The fourth-order valence-corrected chi connectivity index (χ4v) is 2.53. The molecule has 0 amide bonds. The van der Waals surface area contributed by atoms with Crippen molar-refractivity contribution < 1.29 is 13.9 Å². The van der Waals surface area contributed by atoms with Gasteiger partial charge in [0.2, 0.25) is 0 Å². The normalized spacial score (nSPS) is 21.5. The van der Waals surface area contributed by atoms with Crippen molar-refractivity contribution in [3.8, 4) is 5.75 Å². The Hall–Kier alpha value is -1.49. The van der Waals surface area contributed by atoms with E-state index in [1.54, 1.807) is 6.07 Å². The first-order valence-electron chi connectivity index (χ1n) is 7.03. The monoisotopic (exact) mass is 282 g/mol. The Kier molecular flexibility index (Phi) is 4.38. The van der Waals surface area contributed by atoms with Crippen LogP contribution in [0.2, 0.25) is 0 Å². The van der Waals surface area contributed by atoms with Crippen LogP contribution in [0, 0.1) is 5.82 Å². The molecule has 1 heterocycles. The molecule has 2 rings (SSSR count). The highest BCUT2D eigenvalue weighted by molar-refractivity contribution is 5.69. The number of hydrogen-bond acceptors (Lipinski definition) is 4. The summed E-state index contributed by atoms with van der Waals surface area (Å²) in [7, 11) is 0. The molecule has 1 saturated heterocycles. The van der Waals surface area contributed by atoms with Gasteiger partial charge in [-0.05, 0) is 33.6 Å². The molecule has 5 heteroatoms.